The Hall–Kier alpha value is -6.76. The van der Waals surface area contributed by atoms with Crippen LogP contribution in [0.25, 0.3) is 49.7 Å². The second-order valence-corrected chi connectivity index (χ2v) is 14.9. The normalized spacial score (nSPS) is 20.9. The molecule has 56 heavy (non-hydrogen) atoms. The van der Waals surface area contributed by atoms with Gasteiger partial charge in [0.15, 0.2) is 0 Å². The predicted molar refractivity (Wildman–Crippen MR) is 241 cm³/mol. The number of benzene rings is 6. The van der Waals surface area contributed by atoms with Crippen molar-refractivity contribution >= 4 is 16.3 Å². The molecule has 3 aliphatic carbocycles. The SMILES string of the molecule is C/C=C/C(=C(C)\C=C/C1=C/C=C\C=C/C=C\C=C\C=C\1)c1cc(-c2ccc3c(c2)-c2ccccc2C32c3ccccc3-c3cc4ccccc4cc32)ccc1C. The highest BCUT2D eigenvalue weighted by Gasteiger charge is 2.51. The summed E-state index contributed by atoms with van der Waals surface area (Å²) in [5, 5.41) is 2.56. The van der Waals surface area contributed by atoms with Gasteiger partial charge in [0.25, 0.3) is 0 Å². The lowest BCUT2D eigenvalue weighted by atomic mass is 9.70. The molecule has 0 saturated carbocycles. The molecule has 0 amide bonds. The molecule has 0 fully saturated rings. The topological polar surface area (TPSA) is 0 Å². The second kappa shape index (κ2) is 14.8. The largest absolute Gasteiger partial charge is 0.0870 e. The Morgan fingerprint density at radius 1 is 0.500 bits per heavy atom. The Balaban J connectivity index is 1.15. The molecule has 268 valence electrons. The Kier molecular flexibility index (Phi) is 9.25. The highest BCUT2D eigenvalue weighted by Crippen LogP contribution is 2.63. The second-order valence-electron chi connectivity index (χ2n) is 14.9. The first-order chi connectivity index (χ1) is 27.6. The van der Waals surface area contributed by atoms with Gasteiger partial charge in [-0.05, 0) is 139 Å². The monoisotopic (exact) mass is 716 g/mol. The minimum absolute atomic E-state index is 0.373. The van der Waals surface area contributed by atoms with Gasteiger partial charge < -0.3 is 0 Å². The highest BCUT2D eigenvalue weighted by atomic mass is 14.5. The smallest absolute Gasteiger partial charge is 0.0725 e. The Morgan fingerprint density at radius 3 is 1.79 bits per heavy atom. The first-order valence-corrected chi connectivity index (χ1v) is 19.6. The third kappa shape index (κ3) is 5.95. The maximum absolute atomic E-state index is 2.46. The van der Waals surface area contributed by atoms with E-state index in [-0.39, 0.29) is 5.41 Å². The van der Waals surface area contributed by atoms with Crippen LogP contribution in [0.5, 0.6) is 0 Å². The van der Waals surface area contributed by atoms with Gasteiger partial charge in [-0.2, -0.15) is 0 Å². The van der Waals surface area contributed by atoms with Crippen molar-refractivity contribution in [2.45, 2.75) is 26.2 Å². The molecule has 0 aliphatic heterocycles. The van der Waals surface area contributed by atoms with Gasteiger partial charge in [-0.3, -0.25) is 0 Å². The fourth-order valence-electron chi connectivity index (χ4n) is 8.96. The summed E-state index contributed by atoms with van der Waals surface area (Å²) in [7, 11) is 0. The summed E-state index contributed by atoms with van der Waals surface area (Å²) in [5.74, 6) is 0. The molecule has 0 heteroatoms. The van der Waals surface area contributed by atoms with Crippen LogP contribution in [0, 0.1) is 6.92 Å². The quantitative estimate of drug-likeness (QED) is 0.156. The summed E-state index contributed by atoms with van der Waals surface area (Å²) in [5.41, 5.74) is 18.9. The Bertz CT molecular complexity index is 2820. The van der Waals surface area contributed by atoms with Gasteiger partial charge >= 0.3 is 0 Å². The van der Waals surface area contributed by atoms with E-state index in [1.807, 2.05) is 30.4 Å². The number of fused-ring (bicyclic) bond motifs is 11. The molecule has 0 heterocycles. The molecule has 0 radical (unpaired) electrons. The summed E-state index contributed by atoms with van der Waals surface area (Å²) < 4.78 is 0. The molecule has 0 saturated heterocycles. The highest BCUT2D eigenvalue weighted by molar-refractivity contribution is 6.00. The van der Waals surface area contributed by atoms with Crippen LogP contribution in [0.3, 0.4) is 0 Å². The first-order valence-electron chi connectivity index (χ1n) is 19.6. The van der Waals surface area contributed by atoms with E-state index >= 15 is 0 Å². The van der Waals surface area contributed by atoms with Crippen molar-refractivity contribution in [1.29, 1.82) is 0 Å². The molecule has 1 atom stereocenters. The summed E-state index contributed by atoms with van der Waals surface area (Å²) in [6, 6.07) is 46.0. The van der Waals surface area contributed by atoms with Crippen LogP contribution in [0.4, 0.5) is 0 Å². The average Bonchev–Trinajstić information content (AvgIpc) is 3.68. The van der Waals surface area contributed by atoms with Crippen molar-refractivity contribution in [3.8, 4) is 33.4 Å². The maximum atomic E-state index is 2.46. The summed E-state index contributed by atoms with van der Waals surface area (Å²) in [6.45, 7) is 6.54. The molecule has 3 aliphatic rings. The van der Waals surface area contributed by atoms with Crippen LogP contribution >= 0.6 is 0 Å². The minimum Gasteiger partial charge on any atom is -0.0870 e. The van der Waals surface area contributed by atoms with E-state index in [0.717, 1.165) is 5.57 Å². The molecule has 0 aromatic heterocycles. The maximum Gasteiger partial charge on any atom is 0.0725 e. The van der Waals surface area contributed by atoms with Crippen molar-refractivity contribution in [3.63, 3.8) is 0 Å². The minimum atomic E-state index is -0.373. The number of hydrogen-bond acceptors (Lipinski definition) is 0. The lowest BCUT2D eigenvalue weighted by Crippen LogP contribution is -2.25. The van der Waals surface area contributed by atoms with Crippen LogP contribution < -0.4 is 0 Å². The summed E-state index contributed by atoms with van der Waals surface area (Å²) in [4.78, 5) is 0. The van der Waals surface area contributed by atoms with Crippen LogP contribution in [0.2, 0.25) is 0 Å². The van der Waals surface area contributed by atoms with Gasteiger partial charge in [0, 0.05) is 0 Å². The van der Waals surface area contributed by atoms with Crippen LogP contribution in [-0.4, -0.2) is 0 Å². The van der Waals surface area contributed by atoms with Gasteiger partial charge in [0.05, 0.1) is 5.41 Å². The van der Waals surface area contributed by atoms with Crippen molar-refractivity contribution < 1.29 is 0 Å². The van der Waals surface area contributed by atoms with E-state index in [2.05, 4.69) is 203 Å². The average molecular weight is 717 g/mol. The van der Waals surface area contributed by atoms with E-state index in [1.165, 1.54) is 88.7 Å². The van der Waals surface area contributed by atoms with Gasteiger partial charge in [-0.15, -0.1) is 0 Å². The van der Waals surface area contributed by atoms with Gasteiger partial charge in [-0.25, -0.2) is 0 Å². The number of rotatable bonds is 5. The fourth-order valence-corrected chi connectivity index (χ4v) is 8.96. The molecule has 1 unspecified atom stereocenters. The van der Waals surface area contributed by atoms with Crippen LogP contribution in [0.15, 0.2) is 224 Å². The Labute approximate surface area is 331 Å². The van der Waals surface area contributed by atoms with Gasteiger partial charge in [-0.1, -0.05) is 188 Å². The van der Waals surface area contributed by atoms with Crippen molar-refractivity contribution in [1.82, 2.24) is 0 Å². The zero-order valence-corrected chi connectivity index (χ0v) is 32.2. The fraction of sp³-hybridized carbons (Fsp3) is 0.0714. The molecule has 0 bridgehead atoms. The molecule has 0 nitrogen and oxygen atoms in total. The standard InChI is InChI=1S/C56H44/c1-4-20-46(39(2)29-31-41-21-12-10-8-6-5-7-9-11-13-22-41)49-35-44(32-30-40(49)3)45-33-34-54-50(37-45)47-25-16-18-27-52(47)56(54)53-28-19-17-26-48(53)51-36-42-23-14-15-24-43(42)38-55(51)56/h4-38H,1-3H3/b6-5-,7-5?,8-6?,9-7-,10-8+,11-9?,12-10?,13-11-,20-4+,21-12+,22-13?,31-29-,41-21?,41-22+,46-39+. The van der Waals surface area contributed by atoms with E-state index in [0.29, 0.717) is 0 Å². The predicted octanol–water partition coefficient (Wildman–Crippen LogP) is 14.8. The van der Waals surface area contributed by atoms with Gasteiger partial charge in [0.1, 0.15) is 0 Å². The summed E-state index contributed by atoms with van der Waals surface area (Å²) in [6.07, 6.45) is 31.6. The third-order valence-corrected chi connectivity index (χ3v) is 11.6. The van der Waals surface area contributed by atoms with Crippen LogP contribution in [-0.2, 0) is 5.41 Å². The molecule has 9 rings (SSSR count). The molecule has 6 aromatic carbocycles. The first kappa shape index (κ1) is 35.0. The van der Waals surface area contributed by atoms with E-state index in [9.17, 15) is 0 Å². The zero-order valence-electron chi connectivity index (χ0n) is 32.2. The van der Waals surface area contributed by atoms with E-state index in [1.54, 1.807) is 0 Å². The lowest BCUT2D eigenvalue weighted by molar-refractivity contribution is 0.795. The number of aryl methyl sites for hydroxylation is 1. The van der Waals surface area contributed by atoms with Crippen molar-refractivity contribution in [2.24, 2.45) is 0 Å². The number of allylic oxidation sites excluding steroid dienone is 18. The Morgan fingerprint density at radius 2 is 1.07 bits per heavy atom. The van der Waals surface area contributed by atoms with Crippen molar-refractivity contribution in [2.75, 3.05) is 0 Å². The van der Waals surface area contributed by atoms with Crippen LogP contribution in [0.1, 0.15) is 47.2 Å². The summed E-state index contributed by atoms with van der Waals surface area (Å²) >= 11 is 0. The number of hydrogen-bond donors (Lipinski definition) is 0. The third-order valence-electron chi connectivity index (χ3n) is 11.6. The molecule has 1 spiro atoms. The van der Waals surface area contributed by atoms with E-state index < -0.39 is 0 Å². The van der Waals surface area contributed by atoms with Gasteiger partial charge in [0.2, 0.25) is 0 Å². The van der Waals surface area contributed by atoms with E-state index in [4.69, 9.17) is 0 Å². The lowest BCUT2D eigenvalue weighted by Gasteiger charge is -2.30. The van der Waals surface area contributed by atoms with Crippen molar-refractivity contribution in [3.05, 3.63) is 257 Å². The molecule has 6 aromatic rings. The molecular formula is C56H44. The zero-order chi connectivity index (χ0) is 38.1. The molecule has 0 N–H and O–H groups in total. The molecular weight excluding hydrogens is 673 g/mol.